The molecule has 1 aromatic rings. The van der Waals surface area contributed by atoms with Crippen LogP contribution in [0.2, 0.25) is 0 Å². The van der Waals surface area contributed by atoms with Crippen molar-refractivity contribution in [1.29, 1.82) is 0 Å². The van der Waals surface area contributed by atoms with Gasteiger partial charge in [-0.1, -0.05) is 28.9 Å². The SMILES string of the molecule is C[C@@H]1CCC[NH+](CCCOc2cccc(Br)c2)C1. The number of halogens is 1. The Morgan fingerprint density at radius 1 is 1.44 bits per heavy atom. The van der Waals surface area contributed by atoms with Crippen LogP contribution in [0.4, 0.5) is 0 Å². The van der Waals surface area contributed by atoms with Crippen LogP contribution < -0.4 is 9.64 Å². The molecule has 1 aromatic carbocycles. The van der Waals surface area contributed by atoms with E-state index in [1.54, 1.807) is 4.90 Å². The lowest BCUT2D eigenvalue weighted by Gasteiger charge is -2.27. The van der Waals surface area contributed by atoms with Crippen LogP contribution in [0.5, 0.6) is 5.75 Å². The lowest BCUT2D eigenvalue weighted by molar-refractivity contribution is -0.908. The van der Waals surface area contributed by atoms with Crippen molar-refractivity contribution in [3.8, 4) is 5.75 Å². The predicted molar refractivity (Wildman–Crippen MR) is 78.2 cm³/mol. The molecule has 2 atom stereocenters. The molecule has 1 heterocycles. The molecule has 3 heteroatoms. The van der Waals surface area contributed by atoms with Gasteiger partial charge in [-0.05, 0) is 31.0 Å². The molecule has 0 aromatic heterocycles. The van der Waals surface area contributed by atoms with Gasteiger partial charge in [0.15, 0.2) is 0 Å². The number of benzene rings is 1. The van der Waals surface area contributed by atoms with Gasteiger partial charge in [-0.2, -0.15) is 0 Å². The fourth-order valence-electron chi connectivity index (χ4n) is 2.69. The van der Waals surface area contributed by atoms with Gasteiger partial charge in [0.25, 0.3) is 0 Å². The first-order valence-electron chi connectivity index (χ1n) is 6.96. The highest BCUT2D eigenvalue weighted by molar-refractivity contribution is 9.10. The van der Waals surface area contributed by atoms with Gasteiger partial charge in [0.05, 0.1) is 26.2 Å². The first-order valence-corrected chi connectivity index (χ1v) is 7.75. The Balaban J connectivity index is 1.64. The lowest BCUT2D eigenvalue weighted by atomic mass is 10.0. The Hall–Kier alpha value is -0.540. The van der Waals surface area contributed by atoms with Crippen molar-refractivity contribution in [2.45, 2.75) is 26.2 Å². The summed E-state index contributed by atoms with van der Waals surface area (Å²) < 4.78 is 6.84. The molecule has 1 aliphatic rings. The number of hydrogen-bond acceptors (Lipinski definition) is 1. The maximum atomic E-state index is 5.76. The van der Waals surface area contributed by atoms with Gasteiger partial charge < -0.3 is 9.64 Å². The van der Waals surface area contributed by atoms with Crippen molar-refractivity contribution < 1.29 is 9.64 Å². The van der Waals surface area contributed by atoms with E-state index in [4.69, 9.17) is 4.74 Å². The summed E-state index contributed by atoms with van der Waals surface area (Å²) in [7, 11) is 0. The van der Waals surface area contributed by atoms with Gasteiger partial charge in [-0.15, -0.1) is 0 Å². The zero-order chi connectivity index (χ0) is 12.8. The summed E-state index contributed by atoms with van der Waals surface area (Å²) in [5.74, 6) is 1.87. The second-order valence-electron chi connectivity index (χ2n) is 5.36. The quantitative estimate of drug-likeness (QED) is 0.825. The number of rotatable bonds is 5. The van der Waals surface area contributed by atoms with Gasteiger partial charge in [0.1, 0.15) is 5.75 Å². The second-order valence-corrected chi connectivity index (χ2v) is 6.28. The number of nitrogens with one attached hydrogen (secondary N) is 1. The van der Waals surface area contributed by atoms with Gasteiger partial charge in [0.2, 0.25) is 0 Å². The molecule has 1 aliphatic heterocycles. The van der Waals surface area contributed by atoms with Crippen LogP contribution in [0.25, 0.3) is 0 Å². The molecule has 0 radical (unpaired) electrons. The largest absolute Gasteiger partial charge is 0.493 e. The molecule has 0 saturated carbocycles. The first-order chi connectivity index (χ1) is 8.74. The highest BCUT2D eigenvalue weighted by Gasteiger charge is 2.18. The normalized spacial score (nSPS) is 23.9. The van der Waals surface area contributed by atoms with Gasteiger partial charge in [0, 0.05) is 16.8 Å². The Morgan fingerprint density at radius 2 is 2.33 bits per heavy atom. The predicted octanol–water partition coefficient (Wildman–Crippen LogP) is 2.53. The van der Waals surface area contributed by atoms with Crippen LogP contribution in [-0.4, -0.2) is 26.2 Å². The monoisotopic (exact) mass is 312 g/mol. The summed E-state index contributed by atoms with van der Waals surface area (Å²) in [5, 5.41) is 0. The molecule has 0 spiro atoms. The third-order valence-corrected chi connectivity index (χ3v) is 4.10. The smallest absolute Gasteiger partial charge is 0.120 e. The molecule has 1 unspecified atom stereocenters. The van der Waals surface area contributed by atoms with E-state index in [1.165, 1.54) is 32.5 Å². The Morgan fingerprint density at radius 3 is 3.11 bits per heavy atom. The van der Waals surface area contributed by atoms with Crippen LogP contribution in [0.3, 0.4) is 0 Å². The first kappa shape index (κ1) is 13.9. The fraction of sp³-hybridized carbons (Fsp3) is 0.600. The van der Waals surface area contributed by atoms with E-state index in [0.717, 1.165) is 29.2 Å². The van der Waals surface area contributed by atoms with Crippen LogP contribution in [0.15, 0.2) is 28.7 Å². The molecule has 0 aliphatic carbocycles. The lowest BCUT2D eigenvalue weighted by Crippen LogP contribution is -3.13. The van der Waals surface area contributed by atoms with Crippen molar-refractivity contribution in [3.63, 3.8) is 0 Å². The van der Waals surface area contributed by atoms with Crippen molar-refractivity contribution in [3.05, 3.63) is 28.7 Å². The van der Waals surface area contributed by atoms with E-state index in [2.05, 4.69) is 22.9 Å². The molecule has 100 valence electrons. The molecule has 0 amide bonds. The third-order valence-electron chi connectivity index (χ3n) is 3.60. The molecule has 0 bridgehead atoms. The standard InChI is InChI=1S/C15H22BrNO/c1-13-5-3-8-17(12-13)9-4-10-18-15-7-2-6-14(16)11-15/h2,6-7,11,13H,3-5,8-10,12H2,1H3/p+1/t13-/m1/s1. The Kier molecular flexibility index (Phi) is 5.51. The van der Waals surface area contributed by atoms with Crippen molar-refractivity contribution in [1.82, 2.24) is 0 Å². The number of piperidine rings is 1. The molecule has 1 saturated heterocycles. The third kappa shape index (κ3) is 4.62. The maximum Gasteiger partial charge on any atom is 0.120 e. The van der Waals surface area contributed by atoms with Crippen LogP contribution in [0, 0.1) is 5.92 Å². The zero-order valence-electron chi connectivity index (χ0n) is 11.1. The van der Waals surface area contributed by atoms with E-state index in [0.29, 0.717) is 0 Å². The van der Waals surface area contributed by atoms with E-state index in [9.17, 15) is 0 Å². The highest BCUT2D eigenvalue weighted by atomic mass is 79.9. The van der Waals surface area contributed by atoms with Crippen molar-refractivity contribution in [2.24, 2.45) is 5.92 Å². The molecular formula is C15H23BrNO+. The minimum atomic E-state index is 0.828. The molecule has 1 N–H and O–H groups in total. The molecular weight excluding hydrogens is 290 g/mol. The molecule has 18 heavy (non-hydrogen) atoms. The summed E-state index contributed by atoms with van der Waals surface area (Å²) in [6.07, 6.45) is 3.95. The van der Waals surface area contributed by atoms with Crippen molar-refractivity contribution >= 4 is 15.9 Å². The minimum Gasteiger partial charge on any atom is -0.493 e. The van der Waals surface area contributed by atoms with Crippen LogP contribution in [0.1, 0.15) is 26.2 Å². The summed E-state index contributed by atoms with van der Waals surface area (Å²) in [6, 6.07) is 8.07. The van der Waals surface area contributed by atoms with Gasteiger partial charge >= 0.3 is 0 Å². The number of ether oxygens (including phenoxy) is 1. The van der Waals surface area contributed by atoms with E-state index in [1.807, 2.05) is 24.3 Å². The zero-order valence-corrected chi connectivity index (χ0v) is 12.7. The van der Waals surface area contributed by atoms with Gasteiger partial charge in [-0.25, -0.2) is 0 Å². The second kappa shape index (κ2) is 7.15. The summed E-state index contributed by atoms with van der Waals surface area (Å²) >= 11 is 3.46. The topological polar surface area (TPSA) is 13.7 Å². The molecule has 2 nitrogen and oxygen atoms in total. The van der Waals surface area contributed by atoms with Gasteiger partial charge in [-0.3, -0.25) is 0 Å². The summed E-state index contributed by atoms with van der Waals surface area (Å²) in [5.41, 5.74) is 0. The maximum absolute atomic E-state index is 5.76. The highest BCUT2D eigenvalue weighted by Crippen LogP contribution is 2.17. The Bertz CT molecular complexity index is 369. The minimum absolute atomic E-state index is 0.828. The van der Waals surface area contributed by atoms with Crippen LogP contribution in [-0.2, 0) is 0 Å². The number of hydrogen-bond donors (Lipinski definition) is 1. The number of quaternary nitrogens is 1. The average Bonchev–Trinajstić information content (AvgIpc) is 2.35. The van der Waals surface area contributed by atoms with E-state index < -0.39 is 0 Å². The summed E-state index contributed by atoms with van der Waals surface area (Å²) in [4.78, 5) is 1.76. The average molecular weight is 313 g/mol. The van der Waals surface area contributed by atoms with Crippen molar-refractivity contribution in [2.75, 3.05) is 26.2 Å². The Labute approximate surface area is 118 Å². The van der Waals surface area contributed by atoms with E-state index in [-0.39, 0.29) is 0 Å². The summed E-state index contributed by atoms with van der Waals surface area (Å²) in [6.45, 7) is 7.14. The van der Waals surface area contributed by atoms with E-state index >= 15 is 0 Å². The molecule has 1 fully saturated rings. The fourth-order valence-corrected chi connectivity index (χ4v) is 3.07. The number of likely N-dealkylation sites (tertiary alicyclic amines) is 1. The molecule has 2 rings (SSSR count). The van der Waals surface area contributed by atoms with Crippen LogP contribution >= 0.6 is 15.9 Å².